The number of fused-ring (bicyclic) bond motifs is 3. The smallest absolute Gasteiger partial charge is 0.339 e. The van der Waals surface area contributed by atoms with E-state index in [4.69, 9.17) is 14.2 Å². The highest BCUT2D eigenvalue weighted by molar-refractivity contribution is 9.11. The first-order chi connectivity index (χ1) is 50.6. The molecule has 0 N–H and O–H groups in total. The molecule has 564 valence electrons. The molecule has 0 unspecified atom stereocenters. The van der Waals surface area contributed by atoms with Crippen LogP contribution in [0, 0.1) is 108 Å². The van der Waals surface area contributed by atoms with Gasteiger partial charge in [-0.1, -0.05) is 47.8 Å². The highest BCUT2D eigenvalue weighted by Crippen LogP contribution is 2.39. The van der Waals surface area contributed by atoms with E-state index in [2.05, 4.69) is 60.3 Å². The van der Waals surface area contributed by atoms with Crippen LogP contribution in [0.25, 0.3) is 49.8 Å². The molecule has 0 atom stereocenters. The lowest BCUT2D eigenvalue weighted by Gasteiger charge is -2.16. The third-order valence-corrected chi connectivity index (χ3v) is 21.9. The van der Waals surface area contributed by atoms with Gasteiger partial charge in [0.05, 0.1) is 54.9 Å². The standard InChI is InChI=1S/3C23H13BrF5NO5S/c3*1-10-7-15(16(34-2)9-13(10)24)30-14-5-4-12(8-11(14)3-6-17(30)31)36(32,33)35-23-21(28)19(26)18(25)20(27)22(23)29/h3*3-9H,1-2H3. The molecular formula is C69H39Br3F15N3O15S3. The maximum Gasteiger partial charge on any atom is 0.339 e. The van der Waals surface area contributed by atoms with Gasteiger partial charge in [0.1, 0.15) is 31.9 Å². The summed E-state index contributed by atoms with van der Waals surface area (Å²) in [5, 5.41) is 0.540. The summed E-state index contributed by atoms with van der Waals surface area (Å²) < 4.78 is 315. The maximum atomic E-state index is 14.0. The summed E-state index contributed by atoms with van der Waals surface area (Å²) in [7, 11) is -11.0. The molecule has 0 aliphatic rings. The number of pyridine rings is 3. The number of halogens is 18. The van der Waals surface area contributed by atoms with E-state index in [0.29, 0.717) is 34.3 Å². The van der Waals surface area contributed by atoms with Crippen LogP contribution in [0.1, 0.15) is 16.7 Å². The Kier molecular flexibility index (Phi) is 22.8. The van der Waals surface area contributed by atoms with Gasteiger partial charge in [0.25, 0.3) is 16.7 Å². The molecule has 12 rings (SSSR count). The molecule has 0 amide bonds. The molecule has 18 nitrogen and oxygen atoms in total. The Morgan fingerprint density at radius 3 is 0.694 bits per heavy atom. The van der Waals surface area contributed by atoms with Crippen molar-refractivity contribution in [2.45, 2.75) is 35.5 Å². The molecule has 0 bridgehead atoms. The monoisotopic (exact) mass is 1770 g/mol. The Balaban J connectivity index is 0.000000173. The Bertz CT molecular complexity index is 5690. The van der Waals surface area contributed by atoms with Crippen molar-refractivity contribution in [3.05, 3.63) is 276 Å². The van der Waals surface area contributed by atoms with Crippen molar-refractivity contribution in [2.24, 2.45) is 0 Å². The van der Waals surface area contributed by atoms with Crippen LogP contribution in [0.15, 0.2) is 170 Å². The minimum absolute atomic E-state index is 0.180. The summed E-state index contributed by atoms with van der Waals surface area (Å²) >= 11 is 10.1. The summed E-state index contributed by atoms with van der Waals surface area (Å²) in [4.78, 5) is 36.3. The van der Waals surface area contributed by atoms with Crippen LogP contribution in [0.3, 0.4) is 0 Å². The van der Waals surface area contributed by atoms with Crippen LogP contribution < -0.4 is 43.4 Å². The fraction of sp³-hybridized carbons (Fsp3) is 0.0870. The molecule has 108 heavy (non-hydrogen) atoms. The summed E-state index contributed by atoms with van der Waals surface area (Å²) in [6, 6.07) is 26.9. The minimum atomic E-state index is -5.06. The van der Waals surface area contributed by atoms with Gasteiger partial charge < -0.3 is 26.8 Å². The molecule has 3 heterocycles. The van der Waals surface area contributed by atoms with E-state index in [1.54, 1.807) is 57.2 Å². The van der Waals surface area contributed by atoms with E-state index < -0.39 is 166 Å². The number of hydrogen-bond donors (Lipinski definition) is 0. The van der Waals surface area contributed by atoms with Crippen LogP contribution in [0.4, 0.5) is 65.9 Å². The number of benzene rings is 9. The zero-order chi connectivity index (χ0) is 79.6. The van der Waals surface area contributed by atoms with E-state index in [9.17, 15) is 105 Å². The molecule has 0 aliphatic carbocycles. The molecule has 0 saturated heterocycles. The SMILES string of the molecule is COc1cc(Br)c(C)cc1-n1c(=O)ccc2cc(S(=O)(=O)Oc3c(F)c(F)c(F)c(F)c3F)ccc21.COc1cc(Br)c(C)cc1-n1c(=O)ccc2cc(S(=O)(=O)Oc3c(F)c(F)c(F)c(F)c3F)ccc21.COc1cc(Br)c(C)cc1-n1c(=O)ccc2cc(S(=O)(=O)Oc3c(F)c(F)c(F)c(F)c3F)ccc21. The third-order valence-electron chi connectivity index (χ3n) is 15.7. The van der Waals surface area contributed by atoms with E-state index in [-0.39, 0.29) is 32.7 Å². The van der Waals surface area contributed by atoms with Crippen molar-refractivity contribution >= 4 is 111 Å². The van der Waals surface area contributed by atoms with Crippen LogP contribution >= 0.6 is 47.8 Å². The van der Waals surface area contributed by atoms with E-state index in [1.165, 1.54) is 71.4 Å². The van der Waals surface area contributed by atoms with Gasteiger partial charge in [0.15, 0.2) is 0 Å². The minimum Gasteiger partial charge on any atom is -0.495 e. The topological polar surface area (TPSA) is 224 Å². The second-order valence-corrected chi connectivity index (χ2v) is 29.5. The molecule has 0 radical (unpaired) electrons. The van der Waals surface area contributed by atoms with Gasteiger partial charge in [-0.25, -0.2) is 39.5 Å². The number of methoxy groups -OCH3 is 3. The molecule has 12 aromatic rings. The predicted molar refractivity (Wildman–Crippen MR) is 368 cm³/mol. The predicted octanol–water partition coefficient (Wildman–Crippen LogP) is 16.6. The summed E-state index contributed by atoms with van der Waals surface area (Å²) in [5.74, 6) is -41.1. The van der Waals surface area contributed by atoms with Gasteiger partial charge in [-0.2, -0.15) is 51.6 Å². The Morgan fingerprint density at radius 1 is 0.287 bits per heavy atom. The number of ether oxygens (including phenoxy) is 3. The molecule has 0 aliphatic heterocycles. The third kappa shape index (κ3) is 15.0. The van der Waals surface area contributed by atoms with Crippen molar-refractivity contribution in [2.75, 3.05) is 21.3 Å². The highest BCUT2D eigenvalue weighted by atomic mass is 79.9. The van der Waals surface area contributed by atoms with Crippen molar-refractivity contribution in [3.63, 3.8) is 0 Å². The van der Waals surface area contributed by atoms with E-state index in [1.807, 2.05) is 0 Å². The first-order valence-electron chi connectivity index (χ1n) is 29.5. The fourth-order valence-electron chi connectivity index (χ4n) is 10.3. The molecule has 9 aromatic carbocycles. The number of rotatable bonds is 15. The number of hydrogen-bond acceptors (Lipinski definition) is 15. The number of nitrogens with zero attached hydrogens (tertiary/aromatic N) is 3. The Morgan fingerprint density at radius 2 is 0.491 bits per heavy atom. The highest BCUT2D eigenvalue weighted by Gasteiger charge is 2.35. The van der Waals surface area contributed by atoms with Crippen molar-refractivity contribution < 1.29 is 118 Å². The quantitative estimate of drug-likeness (QED) is 0.0403. The molecule has 0 spiro atoms. The van der Waals surface area contributed by atoms with Gasteiger partial charge >= 0.3 is 30.4 Å². The van der Waals surface area contributed by atoms with Crippen molar-refractivity contribution in [1.29, 1.82) is 0 Å². The number of aromatic nitrogens is 3. The summed E-state index contributed by atoms with van der Waals surface area (Å²) in [5.41, 5.74) is 2.63. The van der Waals surface area contributed by atoms with Crippen LogP contribution in [0.2, 0.25) is 0 Å². The van der Waals surface area contributed by atoms with Crippen LogP contribution in [-0.4, -0.2) is 60.3 Å². The van der Waals surface area contributed by atoms with Gasteiger partial charge in [0, 0.05) is 47.8 Å². The second-order valence-electron chi connectivity index (χ2n) is 22.3. The van der Waals surface area contributed by atoms with Gasteiger partial charge in [-0.05, 0) is 147 Å². The molecule has 39 heteroatoms. The average molecular weight is 1770 g/mol. The first-order valence-corrected chi connectivity index (χ1v) is 36.1. The molecular weight excluding hydrogens is 1730 g/mol. The van der Waals surface area contributed by atoms with E-state index >= 15 is 0 Å². The molecule has 3 aromatic heterocycles. The molecule has 0 fully saturated rings. The van der Waals surface area contributed by atoms with Gasteiger partial charge in [0.2, 0.25) is 105 Å². The second kappa shape index (κ2) is 30.7. The largest absolute Gasteiger partial charge is 0.495 e. The number of aryl methyl sites for hydroxylation is 3. The first kappa shape index (κ1) is 80.2. The van der Waals surface area contributed by atoms with Crippen molar-refractivity contribution in [3.8, 4) is 51.6 Å². The van der Waals surface area contributed by atoms with Gasteiger partial charge in [-0.15, -0.1) is 0 Å². The lowest BCUT2D eigenvalue weighted by Crippen LogP contribution is -2.19. The zero-order valence-corrected chi connectivity index (χ0v) is 61.8. The van der Waals surface area contributed by atoms with Gasteiger partial charge in [-0.3, -0.25) is 28.1 Å². The maximum absolute atomic E-state index is 14.0. The Hall–Kier alpha value is -10.4. The fourth-order valence-corrected chi connectivity index (χ4v) is 14.2. The summed E-state index contributed by atoms with van der Waals surface area (Å²) in [6.07, 6.45) is 0. The zero-order valence-electron chi connectivity index (χ0n) is 54.6. The lowest BCUT2D eigenvalue weighted by molar-refractivity contribution is 0.346. The lowest BCUT2D eigenvalue weighted by atomic mass is 10.1. The summed E-state index contributed by atoms with van der Waals surface area (Å²) in [6.45, 7) is 5.35. The average Bonchev–Trinajstić information content (AvgIpc) is 0.764. The molecule has 0 saturated carbocycles. The normalized spacial score (nSPS) is 11.7. The Labute approximate surface area is 622 Å². The van der Waals surface area contributed by atoms with Crippen molar-refractivity contribution in [1.82, 2.24) is 13.7 Å². The van der Waals surface area contributed by atoms with Crippen LogP contribution in [-0.2, 0) is 30.4 Å². The van der Waals surface area contributed by atoms with E-state index in [0.717, 1.165) is 84.7 Å². The van der Waals surface area contributed by atoms with Crippen LogP contribution in [0.5, 0.6) is 34.5 Å².